The Morgan fingerprint density at radius 3 is 2.50 bits per heavy atom. The SMILES string of the molecule is CCc1nc(C)nc2sc(C(=O)NCc3ccc(S(=O)(=O)N4CCOCC4)cc3)c(C)c12. The van der Waals surface area contributed by atoms with Gasteiger partial charge in [-0.15, -0.1) is 11.3 Å². The van der Waals surface area contributed by atoms with Crippen LogP contribution in [0.2, 0.25) is 0 Å². The van der Waals surface area contributed by atoms with Crippen molar-refractivity contribution in [3.63, 3.8) is 0 Å². The Labute approximate surface area is 191 Å². The lowest BCUT2D eigenvalue weighted by Crippen LogP contribution is -2.40. The minimum Gasteiger partial charge on any atom is -0.379 e. The second-order valence-electron chi connectivity index (χ2n) is 7.65. The number of thiophene rings is 1. The normalized spacial score (nSPS) is 15.2. The maximum absolute atomic E-state index is 12.9. The molecule has 1 aliphatic heterocycles. The van der Waals surface area contributed by atoms with Gasteiger partial charge in [0.05, 0.1) is 28.7 Å². The van der Waals surface area contributed by atoms with Crippen LogP contribution in [0.4, 0.5) is 0 Å². The largest absolute Gasteiger partial charge is 0.379 e. The number of benzene rings is 1. The first kappa shape index (κ1) is 22.8. The quantitative estimate of drug-likeness (QED) is 0.590. The lowest BCUT2D eigenvalue weighted by atomic mass is 10.1. The molecule has 10 heteroatoms. The molecule has 8 nitrogen and oxygen atoms in total. The summed E-state index contributed by atoms with van der Waals surface area (Å²) < 4.78 is 32.2. The van der Waals surface area contributed by atoms with E-state index >= 15 is 0 Å². The van der Waals surface area contributed by atoms with E-state index in [4.69, 9.17) is 4.74 Å². The summed E-state index contributed by atoms with van der Waals surface area (Å²) in [6.45, 7) is 7.66. The highest BCUT2D eigenvalue weighted by atomic mass is 32.2. The van der Waals surface area contributed by atoms with Gasteiger partial charge in [0, 0.05) is 25.0 Å². The third kappa shape index (κ3) is 4.40. The van der Waals surface area contributed by atoms with Crippen molar-refractivity contribution in [2.24, 2.45) is 0 Å². The summed E-state index contributed by atoms with van der Waals surface area (Å²) in [5.41, 5.74) is 2.67. The molecule has 0 bridgehead atoms. The molecule has 3 heterocycles. The molecule has 1 saturated heterocycles. The summed E-state index contributed by atoms with van der Waals surface area (Å²) >= 11 is 1.37. The molecule has 1 amide bonds. The zero-order valence-electron chi connectivity index (χ0n) is 18.3. The van der Waals surface area contributed by atoms with E-state index in [1.165, 1.54) is 15.6 Å². The summed E-state index contributed by atoms with van der Waals surface area (Å²) in [7, 11) is -3.53. The number of nitrogens with one attached hydrogen (secondary N) is 1. The third-order valence-corrected chi connectivity index (χ3v) is 8.60. The molecule has 0 aliphatic carbocycles. The Hall–Kier alpha value is -2.40. The zero-order valence-corrected chi connectivity index (χ0v) is 20.0. The van der Waals surface area contributed by atoms with E-state index in [0.717, 1.165) is 33.5 Å². The number of morpholine rings is 1. The summed E-state index contributed by atoms with van der Waals surface area (Å²) in [6.07, 6.45) is 0.776. The molecule has 32 heavy (non-hydrogen) atoms. The van der Waals surface area contributed by atoms with Crippen molar-refractivity contribution in [3.8, 4) is 0 Å². The first-order chi connectivity index (χ1) is 15.3. The van der Waals surface area contributed by atoms with Gasteiger partial charge in [0.15, 0.2) is 0 Å². The van der Waals surface area contributed by atoms with Gasteiger partial charge in [-0.1, -0.05) is 19.1 Å². The van der Waals surface area contributed by atoms with Crippen molar-refractivity contribution in [3.05, 3.63) is 51.8 Å². The Bertz CT molecular complexity index is 1250. The predicted molar refractivity (Wildman–Crippen MR) is 123 cm³/mol. The maximum atomic E-state index is 12.9. The number of carbonyl (C=O) groups is 1. The Morgan fingerprint density at radius 2 is 1.84 bits per heavy atom. The average molecular weight is 475 g/mol. The summed E-state index contributed by atoms with van der Waals surface area (Å²) in [5, 5.41) is 3.90. The van der Waals surface area contributed by atoms with Gasteiger partial charge in [0.25, 0.3) is 5.91 Å². The van der Waals surface area contributed by atoms with Gasteiger partial charge < -0.3 is 10.1 Å². The highest BCUT2D eigenvalue weighted by molar-refractivity contribution is 7.89. The van der Waals surface area contributed by atoms with Crippen molar-refractivity contribution in [2.75, 3.05) is 26.3 Å². The van der Waals surface area contributed by atoms with Crippen LogP contribution in [0.1, 0.15) is 39.2 Å². The Balaban J connectivity index is 1.47. The third-order valence-electron chi connectivity index (χ3n) is 5.50. The summed E-state index contributed by atoms with van der Waals surface area (Å²) in [5.74, 6) is 0.532. The van der Waals surface area contributed by atoms with Crippen molar-refractivity contribution >= 4 is 37.5 Å². The average Bonchev–Trinajstić information content (AvgIpc) is 3.14. The smallest absolute Gasteiger partial charge is 0.261 e. The number of carbonyl (C=O) groups excluding carboxylic acids is 1. The molecule has 0 atom stereocenters. The number of sulfonamides is 1. The molecular weight excluding hydrogens is 448 g/mol. The van der Waals surface area contributed by atoms with Gasteiger partial charge >= 0.3 is 0 Å². The molecule has 1 aliphatic rings. The lowest BCUT2D eigenvalue weighted by molar-refractivity contribution is 0.0730. The molecule has 1 N–H and O–H groups in total. The maximum Gasteiger partial charge on any atom is 0.261 e. The van der Waals surface area contributed by atoms with Crippen LogP contribution in [-0.2, 0) is 27.7 Å². The Kier molecular flexibility index (Phi) is 6.57. The second kappa shape index (κ2) is 9.22. The van der Waals surface area contributed by atoms with E-state index in [-0.39, 0.29) is 10.8 Å². The van der Waals surface area contributed by atoms with Crippen LogP contribution in [0.5, 0.6) is 0 Å². The predicted octanol–water partition coefficient (Wildman–Crippen LogP) is 2.82. The topological polar surface area (TPSA) is 101 Å². The van der Waals surface area contributed by atoms with Crippen molar-refractivity contribution in [2.45, 2.75) is 38.6 Å². The number of amides is 1. The number of fused-ring (bicyclic) bond motifs is 1. The van der Waals surface area contributed by atoms with Crippen LogP contribution in [0.3, 0.4) is 0 Å². The van der Waals surface area contributed by atoms with Crippen LogP contribution >= 0.6 is 11.3 Å². The standard InChI is InChI=1S/C22H26N4O4S2/c1-4-18-19-14(2)20(31-22(19)25-15(3)24-18)21(27)23-13-16-5-7-17(8-6-16)32(28,29)26-9-11-30-12-10-26/h5-8H,4,9-13H2,1-3H3,(H,23,27). The fraction of sp³-hybridized carbons (Fsp3) is 0.409. The van der Waals surface area contributed by atoms with Crippen molar-refractivity contribution < 1.29 is 17.9 Å². The van der Waals surface area contributed by atoms with Gasteiger partial charge in [-0.3, -0.25) is 4.79 Å². The molecule has 1 aromatic carbocycles. The molecule has 170 valence electrons. The van der Waals surface area contributed by atoms with Crippen LogP contribution < -0.4 is 5.32 Å². The number of hydrogen-bond donors (Lipinski definition) is 1. The number of nitrogens with zero attached hydrogens (tertiary/aromatic N) is 3. The first-order valence-corrected chi connectivity index (χ1v) is 12.8. The summed E-state index contributed by atoms with van der Waals surface area (Å²) in [6, 6.07) is 6.64. The highest BCUT2D eigenvalue weighted by Crippen LogP contribution is 2.31. The second-order valence-corrected chi connectivity index (χ2v) is 10.6. The van der Waals surface area contributed by atoms with Gasteiger partial charge in [-0.2, -0.15) is 4.31 Å². The van der Waals surface area contributed by atoms with Crippen LogP contribution in [0.25, 0.3) is 10.2 Å². The number of aromatic nitrogens is 2. The minimum absolute atomic E-state index is 0.171. The van der Waals surface area contributed by atoms with E-state index in [9.17, 15) is 13.2 Å². The van der Waals surface area contributed by atoms with Gasteiger partial charge in [-0.25, -0.2) is 18.4 Å². The number of hydrogen-bond acceptors (Lipinski definition) is 7. The van der Waals surface area contributed by atoms with Crippen molar-refractivity contribution in [1.82, 2.24) is 19.6 Å². The van der Waals surface area contributed by atoms with Gasteiger partial charge in [0.2, 0.25) is 10.0 Å². The van der Waals surface area contributed by atoms with Gasteiger partial charge in [-0.05, 0) is 43.5 Å². The fourth-order valence-corrected chi connectivity index (χ4v) is 6.36. The van der Waals surface area contributed by atoms with Crippen LogP contribution in [0.15, 0.2) is 29.2 Å². The molecule has 2 aromatic heterocycles. The fourth-order valence-electron chi connectivity index (χ4n) is 3.79. The van der Waals surface area contributed by atoms with E-state index in [1.807, 2.05) is 20.8 Å². The van der Waals surface area contributed by atoms with Gasteiger partial charge in [0.1, 0.15) is 10.7 Å². The molecule has 0 unspecified atom stereocenters. The molecule has 0 saturated carbocycles. The van der Waals surface area contributed by atoms with E-state index in [2.05, 4.69) is 15.3 Å². The van der Waals surface area contributed by atoms with Crippen LogP contribution in [-0.4, -0.2) is 54.9 Å². The monoisotopic (exact) mass is 474 g/mol. The molecular formula is C22H26N4O4S2. The molecule has 1 fully saturated rings. The summed E-state index contributed by atoms with van der Waals surface area (Å²) in [4.78, 5) is 23.6. The zero-order chi connectivity index (χ0) is 22.9. The van der Waals surface area contributed by atoms with Crippen molar-refractivity contribution in [1.29, 1.82) is 0 Å². The molecule has 4 rings (SSSR count). The van der Waals surface area contributed by atoms with E-state index < -0.39 is 10.0 Å². The Morgan fingerprint density at radius 1 is 1.16 bits per heavy atom. The highest BCUT2D eigenvalue weighted by Gasteiger charge is 2.26. The molecule has 0 radical (unpaired) electrons. The molecule has 3 aromatic rings. The van der Waals surface area contributed by atoms with E-state index in [0.29, 0.717) is 43.5 Å². The van der Waals surface area contributed by atoms with E-state index in [1.54, 1.807) is 24.3 Å². The minimum atomic E-state index is -3.53. The van der Waals surface area contributed by atoms with Crippen LogP contribution in [0, 0.1) is 13.8 Å². The number of ether oxygens (including phenoxy) is 1. The first-order valence-electron chi connectivity index (χ1n) is 10.5. The number of rotatable bonds is 6. The number of aryl methyl sites for hydroxylation is 3. The molecule has 0 spiro atoms. The lowest BCUT2D eigenvalue weighted by Gasteiger charge is -2.26.